The number of hydrogen-bond donors (Lipinski definition) is 1. The fourth-order valence-electron chi connectivity index (χ4n) is 0.775. The highest BCUT2D eigenvalue weighted by Crippen LogP contribution is 2.23. The summed E-state index contributed by atoms with van der Waals surface area (Å²) in [4.78, 5) is 13.6. The van der Waals surface area contributed by atoms with Gasteiger partial charge in [0.25, 0.3) is 5.69 Å². The van der Waals surface area contributed by atoms with Gasteiger partial charge in [0.05, 0.1) is 17.1 Å². The minimum Gasteiger partial charge on any atom is -0.391 e. The Morgan fingerprint density at radius 1 is 1.75 bits per heavy atom. The van der Waals surface area contributed by atoms with Crippen molar-refractivity contribution in [3.63, 3.8) is 0 Å². The molecule has 5 nitrogen and oxygen atoms in total. The molecule has 1 aromatic rings. The van der Waals surface area contributed by atoms with Crippen LogP contribution in [0.5, 0.6) is 0 Å². The van der Waals surface area contributed by atoms with E-state index in [1.54, 1.807) is 0 Å². The summed E-state index contributed by atoms with van der Waals surface area (Å²) in [5.41, 5.74) is 0.0712. The maximum atomic E-state index is 10.4. The maximum Gasteiger partial charge on any atom is 0.279 e. The Labute approximate surface area is 76.3 Å². The molecule has 1 heterocycles. The first-order chi connectivity index (χ1) is 5.66. The molecular weight excluding hydrogens is 228 g/mol. The fourth-order valence-corrected chi connectivity index (χ4v) is 1.22. The van der Waals surface area contributed by atoms with Crippen molar-refractivity contribution in [3.05, 3.63) is 32.5 Å². The van der Waals surface area contributed by atoms with E-state index in [2.05, 4.69) is 20.9 Å². The van der Waals surface area contributed by atoms with Crippen LogP contribution in [0.25, 0.3) is 0 Å². The molecule has 0 aliphatic carbocycles. The number of aliphatic hydroxyl groups is 1. The van der Waals surface area contributed by atoms with Crippen LogP contribution in [0.2, 0.25) is 0 Å². The van der Waals surface area contributed by atoms with Gasteiger partial charge in [-0.15, -0.1) is 0 Å². The predicted molar refractivity (Wildman–Crippen MR) is 44.5 cm³/mol. The Morgan fingerprint density at radius 3 is 2.83 bits per heavy atom. The number of rotatable bonds is 2. The zero-order valence-electron chi connectivity index (χ0n) is 5.90. The van der Waals surface area contributed by atoms with Crippen molar-refractivity contribution in [1.29, 1.82) is 0 Å². The van der Waals surface area contributed by atoms with Gasteiger partial charge in [-0.05, 0) is 15.9 Å². The molecule has 0 unspecified atom stereocenters. The number of halogens is 1. The molecule has 0 saturated carbocycles. The molecule has 0 saturated heterocycles. The number of nitro groups is 1. The summed E-state index contributed by atoms with van der Waals surface area (Å²) < 4.78 is 0.305. The summed E-state index contributed by atoms with van der Waals surface area (Å²) in [6, 6.07) is 1.25. The van der Waals surface area contributed by atoms with E-state index in [1.807, 2.05) is 0 Å². The maximum absolute atomic E-state index is 10.4. The van der Waals surface area contributed by atoms with Gasteiger partial charge in [0, 0.05) is 12.3 Å². The molecule has 1 rings (SSSR count). The zero-order chi connectivity index (χ0) is 9.14. The van der Waals surface area contributed by atoms with Crippen molar-refractivity contribution in [2.45, 2.75) is 6.61 Å². The quantitative estimate of drug-likeness (QED) is 0.473. The fraction of sp³-hybridized carbons (Fsp3) is 0.167. The molecule has 12 heavy (non-hydrogen) atoms. The summed E-state index contributed by atoms with van der Waals surface area (Å²) in [6.45, 7) is -0.398. The summed E-state index contributed by atoms with van der Waals surface area (Å²) in [5, 5.41) is 19.2. The number of pyridine rings is 1. The van der Waals surface area contributed by atoms with Crippen LogP contribution in [0.3, 0.4) is 0 Å². The van der Waals surface area contributed by atoms with Gasteiger partial charge in [0.1, 0.15) is 4.60 Å². The zero-order valence-corrected chi connectivity index (χ0v) is 7.48. The molecule has 0 bridgehead atoms. The normalized spacial score (nSPS) is 9.83. The van der Waals surface area contributed by atoms with Gasteiger partial charge in [-0.2, -0.15) is 0 Å². The van der Waals surface area contributed by atoms with Crippen LogP contribution >= 0.6 is 15.9 Å². The summed E-state index contributed by atoms with van der Waals surface area (Å²) in [5.74, 6) is 0. The minimum atomic E-state index is -0.558. The van der Waals surface area contributed by atoms with Crippen molar-refractivity contribution in [3.8, 4) is 0 Å². The van der Waals surface area contributed by atoms with Crippen molar-refractivity contribution in [2.75, 3.05) is 0 Å². The van der Waals surface area contributed by atoms with Crippen LogP contribution < -0.4 is 0 Å². The third kappa shape index (κ3) is 1.59. The highest BCUT2D eigenvalue weighted by molar-refractivity contribution is 9.10. The molecule has 0 radical (unpaired) electrons. The molecule has 6 heteroatoms. The molecule has 1 aromatic heterocycles. The number of hydrogen-bond acceptors (Lipinski definition) is 4. The van der Waals surface area contributed by atoms with E-state index in [4.69, 9.17) is 5.11 Å². The monoisotopic (exact) mass is 232 g/mol. The standard InChI is InChI=1S/C6H5BrN2O3/c7-6-4(3-10)5(9(11)12)1-2-8-6/h1-2,10H,3H2. The van der Waals surface area contributed by atoms with E-state index in [0.29, 0.717) is 4.60 Å². The van der Waals surface area contributed by atoms with E-state index < -0.39 is 11.5 Å². The van der Waals surface area contributed by atoms with Crippen molar-refractivity contribution in [2.24, 2.45) is 0 Å². The van der Waals surface area contributed by atoms with Crippen LogP contribution in [0, 0.1) is 10.1 Å². The highest BCUT2D eigenvalue weighted by Gasteiger charge is 2.15. The third-order valence-electron chi connectivity index (χ3n) is 1.33. The lowest BCUT2D eigenvalue weighted by molar-refractivity contribution is -0.386. The summed E-state index contributed by atoms with van der Waals surface area (Å²) >= 11 is 3.00. The van der Waals surface area contributed by atoms with Gasteiger partial charge in [-0.3, -0.25) is 10.1 Å². The van der Waals surface area contributed by atoms with Crippen LogP contribution in [0.4, 0.5) is 5.69 Å². The van der Waals surface area contributed by atoms with Crippen LogP contribution in [-0.2, 0) is 6.61 Å². The van der Waals surface area contributed by atoms with Crippen molar-refractivity contribution in [1.82, 2.24) is 4.98 Å². The van der Waals surface area contributed by atoms with Gasteiger partial charge < -0.3 is 5.11 Å². The van der Waals surface area contributed by atoms with E-state index in [-0.39, 0.29) is 11.3 Å². The number of nitrogens with zero attached hydrogens (tertiary/aromatic N) is 2. The Bertz CT molecular complexity index is 316. The lowest BCUT2D eigenvalue weighted by Gasteiger charge is -1.99. The lowest BCUT2D eigenvalue weighted by Crippen LogP contribution is -1.97. The predicted octanol–water partition coefficient (Wildman–Crippen LogP) is 1.24. The Hall–Kier alpha value is -1.01. The van der Waals surface area contributed by atoms with Gasteiger partial charge in [-0.25, -0.2) is 4.98 Å². The molecule has 0 fully saturated rings. The van der Waals surface area contributed by atoms with Crippen LogP contribution in [0.1, 0.15) is 5.56 Å². The van der Waals surface area contributed by atoms with E-state index in [1.165, 1.54) is 12.3 Å². The topological polar surface area (TPSA) is 76.3 Å². The van der Waals surface area contributed by atoms with Gasteiger partial charge in [-0.1, -0.05) is 0 Å². The molecule has 1 N–H and O–H groups in total. The molecule has 0 aliphatic heterocycles. The van der Waals surface area contributed by atoms with Crippen molar-refractivity contribution < 1.29 is 10.0 Å². The number of aromatic nitrogens is 1. The molecule has 0 aliphatic rings. The second-order valence-electron chi connectivity index (χ2n) is 2.01. The van der Waals surface area contributed by atoms with Gasteiger partial charge in [0.2, 0.25) is 0 Å². The molecular formula is C6H5BrN2O3. The first-order valence-electron chi connectivity index (χ1n) is 3.05. The minimum absolute atomic E-state index is 0.126. The Morgan fingerprint density at radius 2 is 2.42 bits per heavy atom. The van der Waals surface area contributed by atoms with Crippen molar-refractivity contribution >= 4 is 21.6 Å². The molecule has 64 valence electrons. The molecule has 0 aromatic carbocycles. The highest BCUT2D eigenvalue weighted by atomic mass is 79.9. The lowest BCUT2D eigenvalue weighted by atomic mass is 10.2. The van der Waals surface area contributed by atoms with Crippen LogP contribution in [-0.4, -0.2) is 15.0 Å². The SMILES string of the molecule is O=[N+]([O-])c1ccnc(Br)c1CO. The first kappa shape index (κ1) is 9.08. The van der Waals surface area contributed by atoms with Crippen LogP contribution in [0.15, 0.2) is 16.9 Å². The van der Waals surface area contributed by atoms with Gasteiger partial charge in [0.15, 0.2) is 0 Å². The summed E-state index contributed by atoms with van der Waals surface area (Å²) in [7, 11) is 0. The Balaban J connectivity index is 3.27. The van der Waals surface area contributed by atoms with E-state index in [9.17, 15) is 10.1 Å². The average Bonchev–Trinajstić information content (AvgIpc) is 2.03. The molecule has 0 spiro atoms. The summed E-state index contributed by atoms with van der Waals surface area (Å²) in [6.07, 6.45) is 1.31. The molecule has 0 amide bonds. The average molecular weight is 233 g/mol. The van der Waals surface area contributed by atoms with E-state index >= 15 is 0 Å². The Kier molecular flexibility index (Phi) is 2.72. The third-order valence-corrected chi connectivity index (χ3v) is 2.02. The largest absolute Gasteiger partial charge is 0.391 e. The second kappa shape index (κ2) is 3.59. The second-order valence-corrected chi connectivity index (χ2v) is 2.77. The smallest absolute Gasteiger partial charge is 0.279 e. The first-order valence-corrected chi connectivity index (χ1v) is 3.84. The molecule has 0 atom stereocenters. The van der Waals surface area contributed by atoms with E-state index in [0.717, 1.165) is 0 Å². The van der Waals surface area contributed by atoms with Gasteiger partial charge >= 0.3 is 0 Å². The number of aliphatic hydroxyl groups excluding tert-OH is 1.